The van der Waals surface area contributed by atoms with E-state index in [0.717, 1.165) is 19.4 Å². The second-order valence-corrected chi connectivity index (χ2v) is 8.97. The van der Waals surface area contributed by atoms with E-state index in [1.807, 2.05) is 18.7 Å². The molecule has 0 amide bonds. The number of rotatable bonds is 11. The van der Waals surface area contributed by atoms with Gasteiger partial charge in [0, 0.05) is 18.8 Å². The highest BCUT2D eigenvalue weighted by Crippen LogP contribution is 2.27. The van der Waals surface area contributed by atoms with Gasteiger partial charge in [-0.05, 0) is 62.7 Å². The molecule has 0 fully saturated rings. The summed E-state index contributed by atoms with van der Waals surface area (Å²) in [5.41, 5.74) is 0.846. The lowest BCUT2D eigenvalue weighted by Crippen LogP contribution is -2.26. The summed E-state index contributed by atoms with van der Waals surface area (Å²) in [6.07, 6.45) is -3.14. The number of hydrogen-bond donors (Lipinski definition) is 3. The number of benzene rings is 2. The summed E-state index contributed by atoms with van der Waals surface area (Å²) in [6.45, 7) is 7.77. The molecule has 0 aliphatic heterocycles. The first-order valence-electron chi connectivity index (χ1n) is 10.9. The Kier molecular flexibility index (Phi) is 11.5. The van der Waals surface area contributed by atoms with Crippen LogP contribution in [0.3, 0.4) is 0 Å². The molecule has 0 saturated heterocycles. The Morgan fingerprint density at radius 3 is 2.06 bits per heavy atom. The van der Waals surface area contributed by atoms with Crippen molar-refractivity contribution < 1.29 is 46.1 Å². The van der Waals surface area contributed by atoms with Crippen LogP contribution in [0, 0.1) is 0 Å². The van der Waals surface area contributed by atoms with E-state index >= 15 is 0 Å². The molecule has 0 aliphatic rings. The molecule has 0 unspecified atom stereocenters. The number of hydrogen-bond acceptors (Lipinski definition) is 6. The molecule has 0 saturated carbocycles. The summed E-state index contributed by atoms with van der Waals surface area (Å²) in [4.78, 5) is 22.7. The second-order valence-electron chi connectivity index (χ2n) is 7.28. The number of halogens is 3. The predicted molar refractivity (Wildman–Crippen MR) is 128 cm³/mol. The maximum Gasteiger partial charge on any atom is 0.490 e. The van der Waals surface area contributed by atoms with E-state index in [0.29, 0.717) is 24.6 Å². The maximum absolute atomic E-state index is 12.7. The van der Waals surface area contributed by atoms with Crippen LogP contribution < -0.4 is 14.4 Å². The summed E-state index contributed by atoms with van der Waals surface area (Å²) >= 11 is 0. The zero-order valence-electron chi connectivity index (χ0n) is 20.0. The third kappa shape index (κ3) is 9.29. The Labute approximate surface area is 207 Å². The van der Waals surface area contributed by atoms with Crippen molar-refractivity contribution in [2.24, 2.45) is 0 Å². The van der Waals surface area contributed by atoms with Gasteiger partial charge in [-0.2, -0.15) is 13.2 Å². The minimum absolute atomic E-state index is 0.0647. The van der Waals surface area contributed by atoms with Crippen molar-refractivity contribution >= 4 is 33.3 Å². The fourth-order valence-corrected chi connectivity index (χ4v) is 3.99. The maximum atomic E-state index is 12.7. The number of carbonyl (C=O) groups is 2. The number of ether oxygens (including phenoxy) is 1. The van der Waals surface area contributed by atoms with Gasteiger partial charge in [-0.25, -0.2) is 18.0 Å². The van der Waals surface area contributed by atoms with Gasteiger partial charge in [0.25, 0.3) is 10.0 Å². The number of sulfonamides is 1. The van der Waals surface area contributed by atoms with Crippen LogP contribution >= 0.6 is 0 Å². The summed E-state index contributed by atoms with van der Waals surface area (Å²) < 4.78 is 64.8. The van der Waals surface area contributed by atoms with Crippen LogP contribution in [0.2, 0.25) is 0 Å². The molecule has 9 nitrogen and oxygen atoms in total. The highest BCUT2D eigenvalue weighted by atomic mass is 32.2. The van der Waals surface area contributed by atoms with Gasteiger partial charge in [0.05, 0.1) is 22.8 Å². The van der Waals surface area contributed by atoms with Crippen molar-refractivity contribution in [2.45, 2.75) is 44.7 Å². The minimum Gasteiger partial charge on any atom is -0.494 e. The Morgan fingerprint density at radius 1 is 1.03 bits per heavy atom. The zero-order chi connectivity index (χ0) is 27.5. The molecule has 0 aromatic heterocycles. The smallest absolute Gasteiger partial charge is 0.490 e. The van der Waals surface area contributed by atoms with Crippen molar-refractivity contribution in [1.29, 1.82) is 0 Å². The van der Waals surface area contributed by atoms with Gasteiger partial charge in [0.2, 0.25) is 0 Å². The molecule has 0 heterocycles. The third-order valence-corrected chi connectivity index (χ3v) is 6.07. The van der Waals surface area contributed by atoms with E-state index in [1.165, 1.54) is 18.2 Å². The summed E-state index contributed by atoms with van der Waals surface area (Å²) in [5, 5.41) is 16.8. The van der Waals surface area contributed by atoms with E-state index in [1.54, 1.807) is 24.3 Å². The standard InChI is InChI=1S/C21H28N2O5S.C2HF3O2/c1-4-7-14-23(5-2)20-13-8-16(15-19(20)21(24)25)22-29(26,27)18-11-9-17(10-12-18)28-6-3;3-2(4,5)1(6)7/h8-13,15,22H,4-7,14H2,1-3H3,(H,24,25);(H,6,7). The van der Waals surface area contributed by atoms with E-state index in [2.05, 4.69) is 11.6 Å². The summed E-state index contributed by atoms with van der Waals surface area (Å²) in [6, 6.07) is 10.7. The molecule has 0 aliphatic carbocycles. The van der Waals surface area contributed by atoms with Crippen LogP contribution in [0.4, 0.5) is 24.5 Å². The van der Waals surface area contributed by atoms with Gasteiger partial charge in [0.15, 0.2) is 0 Å². The monoisotopic (exact) mass is 534 g/mol. The number of alkyl halides is 3. The lowest BCUT2D eigenvalue weighted by atomic mass is 10.1. The number of aliphatic carboxylic acids is 1. The highest BCUT2D eigenvalue weighted by Gasteiger charge is 2.38. The predicted octanol–water partition coefficient (Wildman–Crippen LogP) is 4.84. The summed E-state index contributed by atoms with van der Waals surface area (Å²) in [5.74, 6) is -3.28. The number of unbranched alkanes of at least 4 members (excludes halogenated alkanes) is 1. The van der Waals surface area contributed by atoms with Crippen molar-refractivity contribution in [3.63, 3.8) is 0 Å². The van der Waals surface area contributed by atoms with Crippen molar-refractivity contribution in [1.82, 2.24) is 0 Å². The van der Waals surface area contributed by atoms with Crippen LogP contribution in [-0.4, -0.2) is 56.4 Å². The number of carboxylic acid groups (broad SMARTS) is 2. The number of anilines is 2. The molecule has 3 N–H and O–H groups in total. The van der Waals surface area contributed by atoms with Crippen molar-refractivity contribution in [3.05, 3.63) is 48.0 Å². The van der Waals surface area contributed by atoms with Crippen molar-refractivity contribution in [3.8, 4) is 5.75 Å². The molecule has 0 radical (unpaired) electrons. The van der Waals surface area contributed by atoms with Crippen LogP contribution in [0.1, 0.15) is 44.0 Å². The zero-order valence-corrected chi connectivity index (χ0v) is 20.8. The molecule has 2 rings (SSSR count). The normalized spacial score (nSPS) is 11.2. The first kappa shape index (κ1) is 30.6. The van der Waals surface area contributed by atoms with E-state index in [4.69, 9.17) is 14.6 Å². The average Bonchev–Trinajstić information content (AvgIpc) is 2.80. The van der Waals surface area contributed by atoms with Gasteiger partial charge in [-0.15, -0.1) is 0 Å². The van der Waals surface area contributed by atoms with Gasteiger partial charge >= 0.3 is 18.1 Å². The Hall–Kier alpha value is -3.48. The van der Waals surface area contributed by atoms with E-state index in [-0.39, 0.29) is 16.1 Å². The molecule has 2 aromatic carbocycles. The van der Waals surface area contributed by atoms with Gasteiger partial charge in [-0.3, -0.25) is 4.72 Å². The molecule has 0 atom stereocenters. The van der Waals surface area contributed by atoms with Crippen LogP contribution in [-0.2, 0) is 14.8 Å². The first-order chi connectivity index (χ1) is 16.8. The topological polar surface area (TPSA) is 133 Å². The number of nitrogens with one attached hydrogen (secondary N) is 1. The minimum atomic E-state index is -5.08. The molecule has 36 heavy (non-hydrogen) atoms. The molecule has 13 heteroatoms. The van der Waals surface area contributed by atoms with E-state index < -0.39 is 28.1 Å². The van der Waals surface area contributed by atoms with Crippen LogP contribution in [0.5, 0.6) is 5.75 Å². The van der Waals surface area contributed by atoms with Gasteiger partial charge in [0.1, 0.15) is 5.75 Å². The van der Waals surface area contributed by atoms with Gasteiger partial charge in [-0.1, -0.05) is 13.3 Å². The fraction of sp³-hybridized carbons (Fsp3) is 0.391. The second kappa shape index (κ2) is 13.6. The SMILES string of the molecule is CCCCN(CC)c1ccc(NS(=O)(=O)c2ccc(OCC)cc2)cc1C(=O)O.O=C(O)C(F)(F)F. The van der Waals surface area contributed by atoms with E-state index in [9.17, 15) is 31.5 Å². The molecular formula is C23H29F3N2O7S. The molecule has 0 spiro atoms. The van der Waals surface area contributed by atoms with Crippen molar-refractivity contribution in [2.75, 3.05) is 29.3 Å². The number of aromatic carboxylic acids is 1. The van der Waals surface area contributed by atoms with Crippen LogP contribution in [0.25, 0.3) is 0 Å². The Bertz CT molecular complexity index is 1120. The average molecular weight is 535 g/mol. The molecular weight excluding hydrogens is 505 g/mol. The quantitative estimate of drug-likeness (QED) is 0.373. The van der Waals surface area contributed by atoms with Crippen LogP contribution in [0.15, 0.2) is 47.4 Å². The first-order valence-corrected chi connectivity index (χ1v) is 12.4. The number of nitrogens with zero attached hydrogens (tertiary/aromatic N) is 1. The molecule has 2 aromatic rings. The largest absolute Gasteiger partial charge is 0.494 e. The third-order valence-electron chi connectivity index (χ3n) is 4.67. The Morgan fingerprint density at radius 2 is 1.61 bits per heavy atom. The highest BCUT2D eigenvalue weighted by molar-refractivity contribution is 7.92. The lowest BCUT2D eigenvalue weighted by Gasteiger charge is -2.25. The Balaban J connectivity index is 0.000000809. The molecule has 0 bridgehead atoms. The molecule has 200 valence electrons. The number of carboxylic acids is 2. The van der Waals surface area contributed by atoms with Gasteiger partial charge < -0.3 is 19.8 Å². The summed E-state index contributed by atoms with van der Waals surface area (Å²) in [7, 11) is -3.85. The lowest BCUT2D eigenvalue weighted by molar-refractivity contribution is -0.192. The fourth-order valence-electron chi connectivity index (χ4n) is 2.94.